The SMILES string of the molecule is CS(=O)(=O)C1CCCC1NCCc1ccc(Cl)cc1Cl. The van der Waals surface area contributed by atoms with Crippen LogP contribution < -0.4 is 5.32 Å². The summed E-state index contributed by atoms with van der Waals surface area (Å²) in [7, 11) is -2.97. The third-order valence-electron chi connectivity index (χ3n) is 3.82. The van der Waals surface area contributed by atoms with Crippen molar-refractivity contribution >= 4 is 33.0 Å². The van der Waals surface area contributed by atoms with Crippen LogP contribution in [0.1, 0.15) is 24.8 Å². The molecule has 0 spiro atoms. The molecule has 6 heteroatoms. The van der Waals surface area contributed by atoms with Crippen molar-refractivity contribution in [2.45, 2.75) is 37.0 Å². The Morgan fingerprint density at radius 1 is 1.30 bits per heavy atom. The first-order chi connectivity index (χ1) is 9.38. The summed E-state index contributed by atoms with van der Waals surface area (Å²) in [5.74, 6) is 0. The summed E-state index contributed by atoms with van der Waals surface area (Å²) in [4.78, 5) is 0. The van der Waals surface area contributed by atoms with Crippen LogP contribution in [-0.4, -0.2) is 32.5 Å². The molecular formula is C14H19Cl2NO2S. The lowest BCUT2D eigenvalue weighted by atomic mass is 10.1. The molecule has 1 aliphatic rings. The van der Waals surface area contributed by atoms with Crippen molar-refractivity contribution < 1.29 is 8.42 Å². The molecule has 0 radical (unpaired) electrons. The van der Waals surface area contributed by atoms with E-state index in [-0.39, 0.29) is 11.3 Å². The second kappa shape index (κ2) is 6.65. The normalized spacial score (nSPS) is 23.1. The summed E-state index contributed by atoms with van der Waals surface area (Å²) in [6.07, 6.45) is 4.75. The molecule has 0 bridgehead atoms. The van der Waals surface area contributed by atoms with Crippen molar-refractivity contribution in [3.05, 3.63) is 33.8 Å². The van der Waals surface area contributed by atoms with Gasteiger partial charge in [-0.3, -0.25) is 0 Å². The molecule has 20 heavy (non-hydrogen) atoms. The Morgan fingerprint density at radius 2 is 2.05 bits per heavy atom. The van der Waals surface area contributed by atoms with Gasteiger partial charge in [0, 0.05) is 22.3 Å². The van der Waals surface area contributed by atoms with Crippen molar-refractivity contribution in [2.24, 2.45) is 0 Å². The van der Waals surface area contributed by atoms with Crippen LogP contribution in [0, 0.1) is 0 Å². The first kappa shape index (κ1) is 16.1. The lowest BCUT2D eigenvalue weighted by Gasteiger charge is -2.19. The van der Waals surface area contributed by atoms with Gasteiger partial charge in [-0.1, -0.05) is 35.7 Å². The van der Waals surface area contributed by atoms with E-state index in [9.17, 15) is 8.42 Å². The molecule has 0 amide bonds. The number of hydrogen-bond acceptors (Lipinski definition) is 3. The zero-order valence-corrected chi connectivity index (χ0v) is 13.7. The summed E-state index contributed by atoms with van der Waals surface area (Å²) < 4.78 is 23.4. The number of hydrogen-bond donors (Lipinski definition) is 1. The van der Waals surface area contributed by atoms with Crippen LogP contribution in [-0.2, 0) is 16.3 Å². The van der Waals surface area contributed by atoms with Crippen LogP contribution in [0.5, 0.6) is 0 Å². The Kier molecular flexibility index (Phi) is 5.35. The van der Waals surface area contributed by atoms with E-state index in [4.69, 9.17) is 23.2 Å². The van der Waals surface area contributed by atoms with Gasteiger partial charge in [-0.15, -0.1) is 0 Å². The molecule has 1 N–H and O–H groups in total. The fourth-order valence-electron chi connectivity index (χ4n) is 2.79. The van der Waals surface area contributed by atoms with Crippen LogP contribution in [0.3, 0.4) is 0 Å². The molecule has 0 aliphatic heterocycles. The molecular weight excluding hydrogens is 317 g/mol. The lowest BCUT2D eigenvalue weighted by molar-refractivity contribution is 0.510. The maximum Gasteiger partial charge on any atom is 0.151 e. The van der Waals surface area contributed by atoms with Crippen molar-refractivity contribution in [3.8, 4) is 0 Å². The molecule has 1 aromatic carbocycles. The van der Waals surface area contributed by atoms with Crippen LogP contribution in [0.25, 0.3) is 0 Å². The third kappa shape index (κ3) is 4.10. The molecule has 0 aromatic heterocycles. The number of sulfone groups is 1. The average molecular weight is 336 g/mol. The number of halogens is 2. The number of nitrogens with one attached hydrogen (secondary N) is 1. The molecule has 112 valence electrons. The van der Waals surface area contributed by atoms with E-state index in [0.717, 1.165) is 37.8 Å². The van der Waals surface area contributed by atoms with Crippen LogP contribution in [0.15, 0.2) is 18.2 Å². The molecule has 1 saturated carbocycles. The average Bonchev–Trinajstić information content (AvgIpc) is 2.80. The fraction of sp³-hybridized carbons (Fsp3) is 0.571. The Bertz CT molecular complexity index is 575. The smallest absolute Gasteiger partial charge is 0.151 e. The zero-order valence-electron chi connectivity index (χ0n) is 11.4. The molecule has 0 heterocycles. The topological polar surface area (TPSA) is 46.2 Å². The van der Waals surface area contributed by atoms with Gasteiger partial charge in [0.15, 0.2) is 9.84 Å². The quantitative estimate of drug-likeness (QED) is 0.899. The van der Waals surface area contributed by atoms with E-state index in [1.807, 2.05) is 12.1 Å². The second-order valence-electron chi connectivity index (χ2n) is 5.35. The minimum absolute atomic E-state index is 0.0658. The van der Waals surface area contributed by atoms with E-state index in [2.05, 4.69) is 5.32 Å². The monoisotopic (exact) mass is 335 g/mol. The van der Waals surface area contributed by atoms with Gasteiger partial charge in [-0.2, -0.15) is 0 Å². The van der Waals surface area contributed by atoms with Crippen molar-refractivity contribution in [1.29, 1.82) is 0 Å². The first-order valence-electron chi connectivity index (χ1n) is 6.74. The van der Waals surface area contributed by atoms with Gasteiger partial charge in [-0.05, 0) is 43.5 Å². The number of rotatable bonds is 5. The summed E-state index contributed by atoms with van der Waals surface area (Å²) in [5.41, 5.74) is 1.03. The first-order valence-corrected chi connectivity index (χ1v) is 9.45. The maximum absolute atomic E-state index is 11.7. The minimum atomic E-state index is -2.97. The molecule has 1 fully saturated rings. The van der Waals surface area contributed by atoms with Gasteiger partial charge >= 0.3 is 0 Å². The highest BCUT2D eigenvalue weighted by Crippen LogP contribution is 2.25. The van der Waals surface area contributed by atoms with Gasteiger partial charge < -0.3 is 5.32 Å². The highest BCUT2D eigenvalue weighted by atomic mass is 35.5. The van der Waals surface area contributed by atoms with Gasteiger partial charge in [0.25, 0.3) is 0 Å². The van der Waals surface area contributed by atoms with E-state index < -0.39 is 9.84 Å². The van der Waals surface area contributed by atoms with E-state index in [1.54, 1.807) is 6.07 Å². The zero-order chi connectivity index (χ0) is 14.8. The Labute approximate surface area is 130 Å². The molecule has 2 atom stereocenters. The van der Waals surface area contributed by atoms with Gasteiger partial charge in [0.2, 0.25) is 0 Å². The summed E-state index contributed by atoms with van der Waals surface area (Å²) >= 11 is 12.0. The van der Waals surface area contributed by atoms with Gasteiger partial charge in [0.1, 0.15) is 0 Å². The van der Waals surface area contributed by atoms with E-state index in [1.165, 1.54) is 6.26 Å². The van der Waals surface area contributed by atoms with Crippen LogP contribution >= 0.6 is 23.2 Å². The summed E-state index contributed by atoms with van der Waals surface area (Å²) in [6, 6.07) is 5.52. The molecule has 3 nitrogen and oxygen atoms in total. The van der Waals surface area contributed by atoms with Gasteiger partial charge in [-0.25, -0.2) is 8.42 Å². The minimum Gasteiger partial charge on any atom is -0.312 e. The van der Waals surface area contributed by atoms with Crippen molar-refractivity contribution in [3.63, 3.8) is 0 Å². The second-order valence-corrected chi connectivity index (χ2v) is 8.45. The maximum atomic E-state index is 11.7. The van der Waals surface area contributed by atoms with Crippen molar-refractivity contribution in [1.82, 2.24) is 5.32 Å². The van der Waals surface area contributed by atoms with Crippen LogP contribution in [0.2, 0.25) is 10.0 Å². The fourth-order valence-corrected chi connectivity index (χ4v) is 4.72. The molecule has 1 aromatic rings. The molecule has 2 rings (SSSR count). The predicted octanol–water partition coefficient (Wildman–Crippen LogP) is 3.09. The molecule has 0 saturated heterocycles. The highest BCUT2D eigenvalue weighted by molar-refractivity contribution is 7.91. The Balaban J connectivity index is 1.89. The molecule has 2 unspecified atom stereocenters. The largest absolute Gasteiger partial charge is 0.312 e. The Morgan fingerprint density at radius 3 is 2.70 bits per heavy atom. The lowest BCUT2D eigenvalue weighted by Crippen LogP contribution is -2.40. The predicted molar refractivity (Wildman–Crippen MR) is 84.4 cm³/mol. The number of benzene rings is 1. The standard InChI is InChI=1S/C14H19Cl2NO2S/c1-20(18,19)14-4-2-3-13(14)17-8-7-10-5-6-11(15)9-12(10)16/h5-6,9,13-14,17H,2-4,7-8H2,1H3. The van der Waals surface area contributed by atoms with E-state index >= 15 is 0 Å². The van der Waals surface area contributed by atoms with Crippen LogP contribution in [0.4, 0.5) is 0 Å². The van der Waals surface area contributed by atoms with Gasteiger partial charge in [0.05, 0.1) is 5.25 Å². The highest BCUT2D eigenvalue weighted by Gasteiger charge is 2.34. The third-order valence-corrected chi connectivity index (χ3v) is 6.07. The Hall–Kier alpha value is -0.290. The molecule has 1 aliphatic carbocycles. The summed E-state index contributed by atoms with van der Waals surface area (Å²) in [5, 5.41) is 4.39. The van der Waals surface area contributed by atoms with E-state index in [0.29, 0.717) is 10.0 Å². The summed E-state index contributed by atoms with van der Waals surface area (Å²) in [6.45, 7) is 0.720. The van der Waals surface area contributed by atoms with Crippen molar-refractivity contribution in [2.75, 3.05) is 12.8 Å².